The number of hydrogen-bond acceptors (Lipinski definition) is 5. The SMILES string of the molecule is CCN(CC)C(=O)c1sc(NC(=O)c2c(C)c(-c3ccc(Cl)cc3Cl)nc3ccccc23)c(C#N)c1C. The number of thiophene rings is 1. The first-order valence-corrected chi connectivity index (χ1v) is 13.3. The zero-order valence-corrected chi connectivity index (χ0v) is 23.1. The summed E-state index contributed by atoms with van der Waals surface area (Å²) in [7, 11) is 0. The first kappa shape index (κ1) is 26.6. The van der Waals surface area contributed by atoms with E-state index < -0.39 is 5.91 Å². The molecule has 0 saturated heterocycles. The quantitative estimate of drug-likeness (QED) is 0.269. The zero-order chi connectivity index (χ0) is 26.9. The maximum Gasteiger partial charge on any atom is 0.264 e. The molecule has 0 aliphatic heterocycles. The lowest BCUT2D eigenvalue weighted by atomic mass is 9.97. The second-order valence-electron chi connectivity index (χ2n) is 8.41. The molecule has 9 heteroatoms. The van der Waals surface area contributed by atoms with Crippen molar-refractivity contribution < 1.29 is 9.59 Å². The molecule has 0 saturated carbocycles. The third-order valence-corrected chi connectivity index (χ3v) is 8.02. The van der Waals surface area contributed by atoms with Gasteiger partial charge in [0.05, 0.1) is 32.2 Å². The van der Waals surface area contributed by atoms with E-state index in [9.17, 15) is 14.9 Å². The van der Waals surface area contributed by atoms with Crippen LogP contribution in [0.3, 0.4) is 0 Å². The molecule has 0 atom stereocenters. The molecule has 0 aliphatic carbocycles. The molecule has 2 aromatic heterocycles. The zero-order valence-electron chi connectivity index (χ0n) is 20.8. The van der Waals surface area contributed by atoms with Crippen molar-refractivity contribution in [2.75, 3.05) is 18.4 Å². The molecule has 2 aromatic carbocycles. The van der Waals surface area contributed by atoms with Gasteiger partial charge in [0.1, 0.15) is 11.1 Å². The predicted molar refractivity (Wildman–Crippen MR) is 151 cm³/mol. The summed E-state index contributed by atoms with van der Waals surface area (Å²) in [6, 6.07) is 14.6. The average Bonchev–Trinajstić information content (AvgIpc) is 3.19. The lowest BCUT2D eigenvalue weighted by molar-refractivity contribution is 0.0777. The Morgan fingerprint density at radius 1 is 1.08 bits per heavy atom. The van der Waals surface area contributed by atoms with Crippen LogP contribution in [-0.4, -0.2) is 34.8 Å². The fourth-order valence-electron chi connectivity index (χ4n) is 4.30. The van der Waals surface area contributed by atoms with Gasteiger partial charge in [-0.25, -0.2) is 4.98 Å². The van der Waals surface area contributed by atoms with Crippen LogP contribution in [0.25, 0.3) is 22.2 Å². The van der Waals surface area contributed by atoms with Gasteiger partial charge in [0, 0.05) is 29.1 Å². The lowest BCUT2D eigenvalue weighted by Gasteiger charge is -2.17. The molecule has 1 N–H and O–H groups in total. The Hall–Kier alpha value is -3.44. The van der Waals surface area contributed by atoms with Gasteiger partial charge in [0.15, 0.2) is 0 Å². The number of rotatable bonds is 6. The van der Waals surface area contributed by atoms with Gasteiger partial charge in [-0.05, 0) is 63.1 Å². The normalized spacial score (nSPS) is 10.8. The third-order valence-electron chi connectivity index (χ3n) is 6.28. The first-order chi connectivity index (χ1) is 17.7. The molecule has 0 fully saturated rings. The Morgan fingerprint density at radius 3 is 2.43 bits per heavy atom. The number of hydrogen-bond donors (Lipinski definition) is 1. The summed E-state index contributed by atoms with van der Waals surface area (Å²) in [5.74, 6) is -0.559. The summed E-state index contributed by atoms with van der Waals surface area (Å²) in [6.07, 6.45) is 0. The van der Waals surface area contributed by atoms with Gasteiger partial charge in [0.2, 0.25) is 0 Å². The van der Waals surface area contributed by atoms with Crippen LogP contribution in [0, 0.1) is 25.2 Å². The molecular formula is C28H24Cl2N4O2S. The van der Waals surface area contributed by atoms with Crippen LogP contribution in [0.5, 0.6) is 0 Å². The largest absolute Gasteiger partial charge is 0.338 e. The second kappa shape index (κ2) is 10.9. The Morgan fingerprint density at radius 2 is 1.78 bits per heavy atom. The van der Waals surface area contributed by atoms with Crippen molar-refractivity contribution in [3.05, 3.63) is 79.6 Å². The van der Waals surface area contributed by atoms with Gasteiger partial charge < -0.3 is 10.2 Å². The van der Waals surface area contributed by atoms with Crippen molar-refractivity contribution >= 4 is 62.3 Å². The van der Waals surface area contributed by atoms with Crippen molar-refractivity contribution in [3.8, 4) is 17.3 Å². The Balaban J connectivity index is 1.84. The fraction of sp³-hybridized carbons (Fsp3) is 0.214. The molecule has 188 valence electrons. The van der Waals surface area contributed by atoms with Gasteiger partial charge in [-0.1, -0.05) is 41.4 Å². The number of nitrogens with one attached hydrogen (secondary N) is 1. The number of para-hydroxylation sites is 1. The van der Waals surface area contributed by atoms with Crippen LogP contribution >= 0.6 is 34.5 Å². The molecule has 0 aliphatic rings. The van der Waals surface area contributed by atoms with Crippen molar-refractivity contribution in [1.82, 2.24) is 9.88 Å². The van der Waals surface area contributed by atoms with Crippen molar-refractivity contribution in [3.63, 3.8) is 0 Å². The number of nitrogens with zero attached hydrogens (tertiary/aromatic N) is 3. The number of anilines is 1. The van der Waals surface area contributed by atoms with E-state index in [2.05, 4.69) is 11.4 Å². The Bertz CT molecular complexity index is 1590. The van der Waals surface area contributed by atoms with Gasteiger partial charge in [0.25, 0.3) is 11.8 Å². The van der Waals surface area contributed by atoms with E-state index in [1.165, 1.54) is 0 Å². The summed E-state index contributed by atoms with van der Waals surface area (Å²) < 4.78 is 0. The fourth-order valence-corrected chi connectivity index (χ4v) is 5.92. The van der Waals surface area contributed by atoms with E-state index in [1.807, 2.05) is 45.0 Å². The third kappa shape index (κ3) is 4.93. The van der Waals surface area contributed by atoms with Crippen LogP contribution in [0.15, 0.2) is 42.5 Å². The maximum absolute atomic E-state index is 13.8. The highest BCUT2D eigenvalue weighted by molar-refractivity contribution is 7.18. The van der Waals surface area contributed by atoms with Crippen molar-refractivity contribution in [1.29, 1.82) is 5.26 Å². The maximum atomic E-state index is 13.8. The summed E-state index contributed by atoms with van der Waals surface area (Å²) in [5, 5.41) is 14.7. The van der Waals surface area contributed by atoms with Crippen LogP contribution in [-0.2, 0) is 0 Å². The monoisotopic (exact) mass is 550 g/mol. The summed E-state index contributed by atoms with van der Waals surface area (Å²) >= 11 is 13.7. The number of benzene rings is 2. The van der Waals surface area contributed by atoms with Crippen LogP contribution in [0.4, 0.5) is 5.00 Å². The standard InChI is InChI=1S/C28H24Cl2N4O2S/c1-5-34(6-2)28(36)25-15(3)20(14-31)27(37-25)33-26(35)23-16(4)24(18-12-11-17(29)13-21(18)30)32-22-10-8-7-9-19(22)23/h7-13H,5-6H2,1-4H3,(H,33,35). The highest BCUT2D eigenvalue weighted by Crippen LogP contribution is 2.37. The molecule has 6 nitrogen and oxygen atoms in total. The van der Waals surface area contributed by atoms with Crippen LogP contribution in [0.1, 0.15) is 50.6 Å². The number of halogens is 2. The van der Waals surface area contributed by atoms with E-state index in [-0.39, 0.29) is 11.5 Å². The van der Waals surface area contributed by atoms with Gasteiger partial charge >= 0.3 is 0 Å². The van der Waals surface area contributed by atoms with E-state index in [4.69, 9.17) is 28.2 Å². The molecule has 4 rings (SSSR count). The number of carbonyl (C=O) groups excluding carboxylic acids is 2. The highest BCUT2D eigenvalue weighted by Gasteiger charge is 2.26. The molecule has 0 bridgehead atoms. The first-order valence-electron chi connectivity index (χ1n) is 11.7. The number of pyridine rings is 1. The van der Waals surface area contributed by atoms with Gasteiger partial charge in [-0.2, -0.15) is 5.26 Å². The smallest absolute Gasteiger partial charge is 0.264 e. The number of nitriles is 1. The van der Waals surface area contributed by atoms with E-state index in [0.717, 1.165) is 11.3 Å². The molecule has 2 heterocycles. The molecule has 4 aromatic rings. The molecule has 0 spiro atoms. The average molecular weight is 551 g/mol. The minimum Gasteiger partial charge on any atom is -0.338 e. The van der Waals surface area contributed by atoms with Gasteiger partial charge in [-0.3, -0.25) is 9.59 Å². The van der Waals surface area contributed by atoms with E-state index in [1.54, 1.807) is 30.0 Å². The molecule has 2 amide bonds. The molecular weight excluding hydrogens is 527 g/mol. The van der Waals surface area contributed by atoms with E-state index >= 15 is 0 Å². The Kier molecular flexibility index (Phi) is 7.84. The minimum absolute atomic E-state index is 0.158. The second-order valence-corrected chi connectivity index (χ2v) is 10.3. The highest BCUT2D eigenvalue weighted by atomic mass is 35.5. The summed E-state index contributed by atoms with van der Waals surface area (Å²) in [5.41, 5.74) is 3.73. The van der Waals surface area contributed by atoms with Crippen molar-refractivity contribution in [2.45, 2.75) is 27.7 Å². The number of aromatic nitrogens is 1. The topological polar surface area (TPSA) is 86.1 Å². The molecule has 0 radical (unpaired) electrons. The number of carbonyl (C=O) groups is 2. The summed E-state index contributed by atoms with van der Waals surface area (Å²) in [6.45, 7) is 8.45. The molecule has 37 heavy (non-hydrogen) atoms. The van der Waals surface area contributed by atoms with E-state index in [0.29, 0.717) is 71.9 Å². The Labute approximate surface area is 229 Å². The number of fused-ring (bicyclic) bond motifs is 1. The summed E-state index contributed by atoms with van der Waals surface area (Å²) in [4.78, 5) is 33.7. The number of amides is 2. The van der Waals surface area contributed by atoms with Gasteiger partial charge in [-0.15, -0.1) is 11.3 Å². The predicted octanol–water partition coefficient (Wildman–Crippen LogP) is 7.49. The van der Waals surface area contributed by atoms with Crippen LogP contribution in [0.2, 0.25) is 10.0 Å². The minimum atomic E-state index is -0.401. The van der Waals surface area contributed by atoms with Crippen molar-refractivity contribution in [2.24, 2.45) is 0 Å². The lowest BCUT2D eigenvalue weighted by Crippen LogP contribution is -2.30. The molecule has 0 unspecified atom stereocenters. The van der Waals surface area contributed by atoms with Crippen LogP contribution < -0.4 is 5.32 Å².